The molecule has 2 atom stereocenters. The van der Waals surface area contributed by atoms with Gasteiger partial charge in [0, 0.05) is 9.74 Å². The molecule has 0 amide bonds. The van der Waals surface area contributed by atoms with Gasteiger partial charge in [0.25, 0.3) is 0 Å². The first-order valence-electron chi connectivity index (χ1n) is 4.59. The third-order valence-electron chi connectivity index (χ3n) is 2.60. The third kappa shape index (κ3) is 1.63. The maximum absolute atomic E-state index is 8.42. The van der Waals surface area contributed by atoms with Gasteiger partial charge in [0.2, 0.25) is 0 Å². The van der Waals surface area contributed by atoms with E-state index in [2.05, 4.69) is 38.1 Å². The van der Waals surface area contributed by atoms with Crippen LogP contribution < -0.4 is 0 Å². The first-order chi connectivity index (χ1) is 6.83. The van der Waals surface area contributed by atoms with Crippen LogP contribution >= 0.6 is 15.9 Å². The Morgan fingerprint density at radius 2 is 2.21 bits per heavy atom. The van der Waals surface area contributed by atoms with Crippen molar-refractivity contribution in [3.05, 3.63) is 45.8 Å². The number of aryl methyl sites for hydroxylation is 1. The fraction of sp³-hybridized carbons (Fsp3) is 0.400. The van der Waals surface area contributed by atoms with E-state index in [1.807, 2.05) is 12.1 Å². The Hall–Kier alpha value is -0.990. The van der Waals surface area contributed by atoms with Crippen LogP contribution in [-0.4, -0.2) is 6.04 Å². The Kier molecular flexibility index (Phi) is 2.75. The van der Waals surface area contributed by atoms with E-state index in [0.717, 1.165) is 12.8 Å². The highest BCUT2D eigenvalue weighted by Crippen LogP contribution is 2.37. The number of hydrogen-bond acceptors (Lipinski definition) is 1. The van der Waals surface area contributed by atoms with E-state index in [4.69, 9.17) is 5.53 Å². The molecule has 72 valence electrons. The van der Waals surface area contributed by atoms with Crippen LogP contribution in [0, 0.1) is 0 Å². The topological polar surface area (TPSA) is 48.8 Å². The number of halogens is 1. The summed E-state index contributed by atoms with van der Waals surface area (Å²) in [6, 6.07) is 8.34. The van der Waals surface area contributed by atoms with Gasteiger partial charge in [-0.25, -0.2) is 0 Å². The Bertz CT molecular complexity index is 385. The van der Waals surface area contributed by atoms with Crippen LogP contribution in [0.3, 0.4) is 0 Å². The summed E-state index contributed by atoms with van der Waals surface area (Å²) in [5, 5.41) is 3.80. The van der Waals surface area contributed by atoms with Crippen LogP contribution in [0.1, 0.15) is 22.4 Å². The van der Waals surface area contributed by atoms with Gasteiger partial charge in [-0.1, -0.05) is 45.3 Å². The van der Waals surface area contributed by atoms with Gasteiger partial charge in [0.1, 0.15) is 0 Å². The fourth-order valence-corrected chi connectivity index (χ4v) is 2.69. The number of hydrogen-bond donors (Lipinski definition) is 0. The van der Waals surface area contributed by atoms with Gasteiger partial charge in [-0.15, -0.1) is 0 Å². The number of alkyl halides is 1. The monoisotopic (exact) mass is 251 g/mol. The molecule has 0 bridgehead atoms. The molecule has 0 N–H and O–H groups in total. The van der Waals surface area contributed by atoms with Crippen molar-refractivity contribution >= 4 is 15.9 Å². The standard InChI is InChI=1S/C10H10BrN3/c11-10-8-4-2-1-3-7(8)5-6-9(10)13-14-12/h1-4,9-10H,5-6H2/t9-,10-/m0/s1. The van der Waals surface area contributed by atoms with Gasteiger partial charge in [-0.05, 0) is 29.5 Å². The van der Waals surface area contributed by atoms with Gasteiger partial charge in [0.15, 0.2) is 0 Å². The smallest absolute Gasteiger partial charge is 0.0543 e. The van der Waals surface area contributed by atoms with Gasteiger partial charge in [-0.2, -0.15) is 0 Å². The second-order valence-electron chi connectivity index (χ2n) is 3.41. The quantitative estimate of drug-likeness (QED) is 0.316. The summed E-state index contributed by atoms with van der Waals surface area (Å²) in [5.41, 5.74) is 11.0. The summed E-state index contributed by atoms with van der Waals surface area (Å²) in [4.78, 5) is 3.05. The zero-order valence-electron chi connectivity index (χ0n) is 7.60. The molecular formula is C10H10BrN3. The van der Waals surface area contributed by atoms with Gasteiger partial charge in [-0.3, -0.25) is 0 Å². The average Bonchev–Trinajstić information content (AvgIpc) is 2.23. The van der Waals surface area contributed by atoms with Crippen molar-refractivity contribution in [1.29, 1.82) is 0 Å². The summed E-state index contributed by atoms with van der Waals surface area (Å²) in [5.74, 6) is 0. The van der Waals surface area contributed by atoms with Crippen molar-refractivity contribution < 1.29 is 0 Å². The molecule has 0 aliphatic heterocycles. The lowest BCUT2D eigenvalue weighted by molar-refractivity contribution is 0.570. The minimum absolute atomic E-state index is 0.0508. The van der Waals surface area contributed by atoms with Gasteiger partial charge in [0.05, 0.1) is 6.04 Å². The van der Waals surface area contributed by atoms with Crippen molar-refractivity contribution in [1.82, 2.24) is 0 Å². The molecule has 0 saturated heterocycles. The summed E-state index contributed by atoms with van der Waals surface area (Å²) in [7, 11) is 0. The van der Waals surface area contributed by atoms with Crippen LogP contribution in [0.5, 0.6) is 0 Å². The first-order valence-corrected chi connectivity index (χ1v) is 5.50. The molecule has 0 fully saturated rings. The summed E-state index contributed by atoms with van der Waals surface area (Å²) in [6.07, 6.45) is 1.93. The van der Waals surface area contributed by atoms with Crippen molar-refractivity contribution in [3.63, 3.8) is 0 Å². The molecule has 0 radical (unpaired) electrons. The summed E-state index contributed by atoms with van der Waals surface area (Å²) in [6.45, 7) is 0. The Balaban J connectivity index is 2.35. The molecule has 1 aromatic carbocycles. The van der Waals surface area contributed by atoms with Gasteiger partial charge < -0.3 is 0 Å². The lowest BCUT2D eigenvalue weighted by Crippen LogP contribution is -2.19. The highest BCUT2D eigenvalue weighted by Gasteiger charge is 2.25. The lowest BCUT2D eigenvalue weighted by atomic mass is 9.89. The number of benzene rings is 1. The maximum Gasteiger partial charge on any atom is 0.0543 e. The van der Waals surface area contributed by atoms with E-state index in [9.17, 15) is 0 Å². The molecule has 14 heavy (non-hydrogen) atoms. The lowest BCUT2D eigenvalue weighted by Gasteiger charge is -2.26. The molecule has 0 aromatic heterocycles. The van der Waals surface area contributed by atoms with Crippen molar-refractivity contribution in [2.45, 2.75) is 23.7 Å². The molecule has 1 aliphatic carbocycles. The zero-order chi connectivity index (χ0) is 9.97. The molecule has 0 spiro atoms. The molecular weight excluding hydrogens is 242 g/mol. The fourth-order valence-electron chi connectivity index (χ4n) is 1.87. The highest BCUT2D eigenvalue weighted by atomic mass is 79.9. The molecule has 0 saturated carbocycles. The predicted molar refractivity (Wildman–Crippen MR) is 59.4 cm³/mol. The maximum atomic E-state index is 8.42. The largest absolute Gasteiger partial charge is 0.0891 e. The Morgan fingerprint density at radius 3 is 3.00 bits per heavy atom. The van der Waals surface area contributed by atoms with Crippen LogP contribution in [0.4, 0.5) is 0 Å². The molecule has 3 nitrogen and oxygen atoms in total. The molecule has 1 aromatic rings. The molecule has 0 unspecified atom stereocenters. The number of azide groups is 1. The minimum atomic E-state index is 0.0508. The number of rotatable bonds is 1. The van der Waals surface area contributed by atoms with Crippen LogP contribution in [0.2, 0.25) is 0 Å². The second-order valence-corrected chi connectivity index (χ2v) is 4.40. The molecule has 0 heterocycles. The minimum Gasteiger partial charge on any atom is -0.0891 e. The van der Waals surface area contributed by atoms with E-state index < -0.39 is 0 Å². The van der Waals surface area contributed by atoms with Crippen molar-refractivity contribution in [3.8, 4) is 0 Å². The highest BCUT2D eigenvalue weighted by molar-refractivity contribution is 9.09. The van der Waals surface area contributed by atoms with Gasteiger partial charge >= 0.3 is 0 Å². The molecule has 4 heteroatoms. The number of nitrogens with zero attached hydrogens (tertiary/aromatic N) is 3. The van der Waals surface area contributed by atoms with Crippen molar-refractivity contribution in [2.24, 2.45) is 5.11 Å². The summed E-state index contributed by atoms with van der Waals surface area (Å²) >= 11 is 3.59. The summed E-state index contributed by atoms with van der Waals surface area (Å²) < 4.78 is 0. The molecule has 1 aliphatic rings. The van der Waals surface area contributed by atoms with E-state index >= 15 is 0 Å². The zero-order valence-corrected chi connectivity index (χ0v) is 9.18. The van der Waals surface area contributed by atoms with E-state index in [-0.39, 0.29) is 10.9 Å². The van der Waals surface area contributed by atoms with E-state index in [1.54, 1.807) is 0 Å². The predicted octanol–water partition coefficient (Wildman–Crippen LogP) is 3.75. The normalized spacial score (nSPS) is 24.9. The van der Waals surface area contributed by atoms with Crippen LogP contribution in [0.25, 0.3) is 10.4 Å². The van der Waals surface area contributed by atoms with Crippen LogP contribution in [0.15, 0.2) is 29.4 Å². The second kappa shape index (κ2) is 4.03. The average molecular weight is 252 g/mol. The third-order valence-corrected chi connectivity index (χ3v) is 3.70. The SMILES string of the molecule is [N-]=[N+]=N[C@H]1CCc2ccccc2[C@@H]1Br. The number of fused-ring (bicyclic) bond motifs is 1. The van der Waals surface area contributed by atoms with Crippen LogP contribution in [-0.2, 0) is 6.42 Å². The molecule has 2 rings (SSSR count). The van der Waals surface area contributed by atoms with Crippen molar-refractivity contribution in [2.75, 3.05) is 0 Å². The Labute approximate surface area is 90.9 Å². The Morgan fingerprint density at radius 1 is 1.43 bits per heavy atom. The van der Waals surface area contributed by atoms with E-state index in [1.165, 1.54) is 11.1 Å². The van der Waals surface area contributed by atoms with E-state index in [0.29, 0.717) is 0 Å². The first kappa shape index (κ1) is 9.56.